The van der Waals surface area contributed by atoms with Crippen molar-refractivity contribution in [3.05, 3.63) is 35.9 Å². The average molecular weight is 369 g/mol. The summed E-state index contributed by atoms with van der Waals surface area (Å²) in [6.45, 7) is 1.89. The molecule has 25 heavy (non-hydrogen) atoms. The first-order valence-corrected chi connectivity index (χ1v) is 9.40. The molecule has 1 atom stereocenters. The van der Waals surface area contributed by atoms with Crippen molar-refractivity contribution in [3.8, 4) is 0 Å². The average Bonchev–Trinajstić information content (AvgIpc) is 2.64. The van der Waals surface area contributed by atoms with E-state index in [2.05, 4.69) is 17.4 Å². The fourth-order valence-corrected chi connectivity index (χ4v) is 3.46. The van der Waals surface area contributed by atoms with Gasteiger partial charge in [0.05, 0.1) is 6.61 Å². The fourth-order valence-electron chi connectivity index (χ4n) is 3.46. The normalized spacial score (nSPS) is 16.0. The van der Waals surface area contributed by atoms with E-state index in [4.69, 9.17) is 10.5 Å². The van der Waals surface area contributed by atoms with Crippen molar-refractivity contribution >= 4 is 18.3 Å². The van der Waals surface area contributed by atoms with Gasteiger partial charge in [-0.05, 0) is 37.2 Å². The van der Waals surface area contributed by atoms with Crippen LogP contribution in [-0.2, 0) is 16.0 Å². The first kappa shape index (κ1) is 21.9. The molecule has 0 radical (unpaired) electrons. The topological polar surface area (TPSA) is 64.3 Å². The van der Waals surface area contributed by atoms with Crippen LogP contribution < -0.4 is 11.1 Å². The van der Waals surface area contributed by atoms with Gasteiger partial charge >= 0.3 is 0 Å². The number of halogens is 1. The maximum absolute atomic E-state index is 12.1. The first-order valence-electron chi connectivity index (χ1n) is 9.40. The van der Waals surface area contributed by atoms with Gasteiger partial charge in [-0.1, -0.05) is 49.6 Å². The largest absolute Gasteiger partial charge is 0.381 e. The lowest BCUT2D eigenvalue weighted by Gasteiger charge is -2.30. The first-order chi connectivity index (χ1) is 11.8. The number of hydrogen-bond acceptors (Lipinski definition) is 3. The molecule has 1 aliphatic carbocycles. The van der Waals surface area contributed by atoms with E-state index in [1.807, 2.05) is 18.2 Å². The zero-order chi connectivity index (χ0) is 17.0. The van der Waals surface area contributed by atoms with Crippen LogP contribution in [0.2, 0.25) is 0 Å². The van der Waals surface area contributed by atoms with E-state index in [9.17, 15) is 4.79 Å². The molecule has 3 N–H and O–H groups in total. The molecule has 5 heteroatoms. The van der Waals surface area contributed by atoms with E-state index in [1.165, 1.54) is 37.7 Å². The number of carbonyl (C=O) groups excluding carboxylic acids is 1. The number of rotatable bonds is 10. The van der Waals surface area contributed by atoms with Crippen molar-refractivity contribution in [2.45, 2.75) is 57.4 Å². The molecular weight excluding hydrogens is 336 g/mol. The van der Waals surface area contributed by atoms with Gasteiger partial charge in [0.25, 0.3) is 0 Å². The number of carbonyl (C=O) groups is 1. The van der Waals surface area contributed by atoms with Gasteiger partial charge in [-0.25, -0.2) is 0 Å². The summed E-state index contributed by atoms with van der Waals surface area (Å²) < 4.78 is 5.63. The van der Waals surface area contributed by atoms with Gasteiger partial charge in [0.15, 0.2) is 0 Å². The summed E-state index contributed by atoms with van der Waals surface area (Å²) in [6.07, 6.45) is 8.47. The third-order valence-corrected chi connectivity index (χ3v) is 4.89. The summed E-state index contributed by atoms with van der Waals surface area (Å²) in [7, 11) is 0. The van der Waals surface area contributed by atoms with E-state index < -0.39 is 0 Å². The number of amides is 1. The monoisotopic (exact) mass is 368 g/mol. The Morgan fingerprint density at radius 2 is 1.88 bits per heavy atom. The zero-order valence-corrected chi connectivity index (χ0v) is 15.9. The maximum Gasteiger partial charge on any atom is 0.220 e. The summed E-state index contributed by atoms with van der Waals surface area (Å²) in [5.41, 5.74) is 7.15. The SMILES string of the molecule is Cl.NCC(NC(=O)CCCOCCc1ccccc1)C1CCCCC1. The van der Waals surface area contributed by atoms with Crippen molar-refractivity contribution in [1.29, 1.82) is 0 Å². The lowest BCUT2D eigenvalue weighted by molar-refractivity contribution is -0.122. The van der Waals surface area contributed by atoms with Gasteiger partial charge in [-0.3, -0.25) is 4.79 Å². The zero-order valence-electron chi connectivity index (χ0n) is 15.1. The van der Waals surface area contributed by atoms with Crippen LogP contribution in [0.15, 0.2) is 30.3 Å². The second-order valence-electron chi connectivity index (χ2n) is 6.76. The van der Waals surface area contributed by atoms with E-state index in [0.29, 0.717) is 32.1 Å². The Hall–Kier alpha value is -1.10. The minimum atomic E-state index is 0. The van der Waals surface area contributed by atoms with Crippen molar-refractivity contribution in [1.82, 2.24) is 5.32 Å². The highest BCUT2D eigenvalue weighted by atomic mass is 35.5. The second kappa shape index (κ2) is 13.2. The summed E-state index contributed by atoms with van der Waals surface area (Å²) in [4.78, 5) is 12.1. The van der Waals surface area contributed by atoms with Crippen molar-refractivity contribution in [2.24, 2.45) is 11.7 Å². The minimum Gasteiger partial charge on any atom is -0.381 e. The molecule has 0 aliphatic heterocycles. The molecule has 1 aliphatic rings. The molecule has 4 nitrogen and oxygen atoms in total. The Bertz CT molecular complexity index is 464. The van der Waals surface area contributed by atoms with Gasteiger partial charge in [0, 0.05) is 25.6 Å². The Labute approximate surface area is 158 Å². The lowest BCUT2D eigenvalue weighted by atomic mass is 9.84. The van der Waals surface area contributed by atoms with Crippen molar-refractivity contribution in [3.63, 3.8) is 0 Å². The number of nitrogens with one attached hydrogen (secondary N) is 1. The molecule has 1 fully saturated rings. The van der Waals surface area contributed by atoms with Gasteiger partial charge in [-0.2, -0.15) is 0 Å². The highest BCUT2D eigenvalue weighted by Crippen LogP contribution is 2.26. The van der Waals surface area contributed by atoms with Crippen LogP contribution in [0.1, 0.15) is 50.5 Å². The van der Waals surface area contributed by atoms with Gasteiger partial charge in [0.1, 0.15) is 0 Å². The number of ether oxygens (including phenoxy) is 1. The molecule has 1 saturated carbocycles. The maximum atomic E-state index is 12.1. The molecule has 1 amide bonds. The van der Waals surface area contributed by atoms with E-state index in [0.717, 1.165) is 12.8 Å². The second-order valence-corrected chi connectivity index (χ2v) is 6.76. The van der Waals surface area contributed by atoms with Gasteiger partial charge < -0.3 is 15.8 Å². The van der Waals surface area contributed by atoms with Crippen LogP contribution in [0, 0.1) is 5.92 Å². The summed E-state index contributed by atoms with van der Waals surface area (Å²) in [5, 5.41) is 3.13. The predicted octanol–water partition coefficient (Wildman–Crippen LogP) is 3.47. The minimum absolute atomic E-state index is 0. The third-order valence-electron chi connectivity index (χ3n) is 4.89. The Morgan fingerprint density at radius 1 is 1.16 bits per heavy atom. The molecule has 1 aromatic carbocycles. The van der Waals surface area contributed by atoms with Crippen LogP contribution in [-0.4, -0.2) is 31.7 Å². The van der Waals surface area contributed by atoms with Gasteiger partial charge in [0.2, 0.25) is 5.91 Å². The summed E-state index contributed by atoms with van der Waals surface area (Å²) in [6, 6.07) is 10.5. The Balaban J connectivity index is 0.00000312. The van der Waals surface area contributed by atoms with Crippen LogP contribution in [0.5, 0.6) is 0 Å². The highest BCUT2D eigenvalue weighted by molar-refractivity contribution is 5.85. The number of hydrogen-bond donors (Lipinski definition) is 2. The van der Waals surface area contributed by atoms with Crippen molar-refractivity contribution < 1.29 is 9.53 Å². The molecule has 1 unspecified atom stereocenters. The quantitative estimate of drug-likeness (QED) is 0.621. The molecule has 1 aromatic rings. The molecule has 0 aromatic heterocycles. The highest BCUT2D eigenvalue weighted by Gasteiger charge is 2.23. The summed E-state index contributed by atoms with van der Waals surface area (Å²) >= 11 is 0. The van der Waals surface area contributed by atoms with E-state index in [1.54, 1.807) is 0 Å². The Kier molecular flexibility index (Phi) is 11.5. The smallest absolute Gasteiger partial charge is 0.220 e. The molecule has 142 valence electrons. The van der Waals surface area contributed by atoms with Crippen LogP contribution in [0.3, 0.4) is 0 Å². The van der Waals surface area contributed by atoms with Crippen LogP contribution in [0.25, 0.3) is 0 Å². The third kappa shape index (κ3) is 8.70. The molecule has 0 spiro atoms. The van der Waals surface area contributed by atoms with Crippen LogP contribution >= 0.6 is 12.4 Å². The van der Waals surface area contributed by atoms with E-state index >= 15 is 0 Å². The number of benzene rings is 1. The standard InChI is InChI=1S/C20H32N2O2.ClH/c21-16-19(18-10-5-2-6-11-18)22-20(23)12-7-14-24-15-13-17-8-3-1-4-9-17;/h1,3-4,8-9,18-19H,2,5-7,10-16,21H2,(H,22,23);1H. The van der Waals surface area contributed by atoms with Crippen LogP contribution in [0.4, 0.5) is 0 Å². The lowest BCUT2D eigenvalue weighted by Crippen LogP contribution is -2.45. The van der Waals surface area contributed by atoms with Crippen molar-refractivity contribution in [2.75, 3.05) is 19.8 Å². The molecule has 2 rings (SSSR count). The van der Waals surface area contributed by atoms with Gasteiger partial charge in [-0.15, -0.1) is 12.4 Å². The number of nitrogens with two attached hydrogens (primary N) is 1. The molecular formula is C20H33ClN2O2. The Morgan fingerprint density at radius 3 is 2.56 bits per heavy atom. The predicted molar refractivity (Wildman–Crippen MR) is 105 cm³/mol. The molecule has 0 bridgehead atoms. The molecule has 0 saturated heterocycles. The summed E-state index contributed by atoms with van der Waals surface area (Å²) in [5.74, 6) is 0.678. The fraction of sp³-hybridized carbons (Fsp3) is 0.650. The molecule has 0 heterocycles. The van der Waals surface area contributed by atoms with E-state index in [-0.39, 0.29) is 24.4 Å².